The molecule has 0 aromatic heterocycles. The monoisotopic (exact) mass is 392 g/mol. The smallest absolute Gasteiger partial charge is 0.356 e. The Morgan fingerprint density at radius 1 is 1.04 bits per heavy atom. The highest BCUT2D eigenvalue weighted by molar-refractivity contribution is 6.06. The number of aliphatic hydroxyl groups is 1. The topological polar surface area (TPSA) is 89.9 Å². The van der Waals surface area contributed by atoms with Gasteiger partial charge in [0.2, 0.25) is 0 Å². The summed E-state index contributed by atoms with van der Waals surface area (Å²) in [5.41, 5.74) is -1.96. The van der Waals surface area contributed by atoms with Gasteiger partial charge >= 0.3 is 11.9 Å². The highest BCUT2D eigenvalue weighted by atomic mass is 16.6. The van der Waals surface area contributed by atoms with Gasteiger partial charge in [-0.1, -0.05) is 66.7 Å². The molecule has 1 N–H and O–H groups in total. The van der Waals surface area contributed by atoms with Gasteiger partial charge in [-0.05, 0) is 17.8 Å². The highest BCUT2D eigenvalue weighted by Gasteiger charge is 2.53. The van der Waals surface area contributed by atoms with Crippen molar-refractivity contribution in [2.75, 3.05) is 6.61 Å². The van der Waals surface area contributed by atoms with Crippen LogP contribution < -0.4 is 4.74 Å². The molecule has 0 fully saturated rings. The third kappa shape index (κ3) is 4.79. The Bertz CT molecular complexity index is 706. The summed E-state index contributed by atoms with van der Waals surface area (Å²) in [5.74, 6) is -3.48. The van der Waals surface area contributed by atoms with E-state index in [1.54, 1.807) is 6.92 Å². The molecule has 6 nitrogen and oxygen atoms in total. The van der Waals surface area contributed by atoms with Crippen molar-refractivity contribution in [2.24, 2.45) is 5.92 Å². The van der Waals surface area contributed by atoms with Gasteiger partial charge in [0.25, 0.3) is 5.60 Å². The number of aldehydes is 1. The molecule has 0 unspecified atom stereocenters. The molecule has 0 spiro atoms. The van der Waals surface area contributed by atoms with Crippen LogP contribution in [0.15, 0.2) is 18.2 Å². The Balaban J connectivity index is 3.58. The number of esters is 2. The van der Waals surface area contributed by atoms with Crippen LogP contribution in [0.4, 0.5) is 0 Å². The molecule has 0 aliphatic heterocycles. The van der Waals surface area contributed by atoms with Crippen molar-refractivity contribution in [1.82, 2.24) is 0 Å². The predicted molar refractivity (Wildman–Crippen MR) is 106 cm³/mol. The fourth-order valence-electron chi connectivity index (χ4n) is 2.79. The minimum atomic E-state index is -2.72. The van der Waals surface area contributed by atoms with E-state index < -0.39 is 23.5 Å². The first-order valence-corrected chi connectivity index (χ1v) is 9.42. The maximum absolute atomic E-state index is 13.0. The van der Waals surface area contributed by atoms with E-state index in [1.807, 2.05) is 59.7 Å². The number of ether oxygens (including phenoxy) is 2. The summed E-state index contributed by atoms with van der Waals surface area (Å²) >= 11 is 0. The van der Waals surface area contributed by atoms with Crippen LogP contribution in [0.3, 0.4) is 0 Å². The first kappa shape index (κ1) is 23.8. The molecular weight excluding hydrogens is 360 g/mol. The Kier molecular flexibility index (Phi) is 7.18. The number of hydrogen-bond acceptors (Lipinski definition) is 6. The van der Waals surface area contributed by atoms with Gasteiger partial charge in [-0.25, -0.2) is 9.59 Å². The van der Waals surface area contributed by atoms with Gasteiger partial charge in [-0.3, -0.25) is 0 Å². The molecule has 1 aromatic carbocycles. The summed E-state index contributed by atoms with van der Waals surface area (Å²) in [5, 5.41) is 10.8. The van der Waals surface area contributed by atoms with Crippen LogP contribution in [0, 0.1) is 5.92 Å². The van der Waals surface area contributed by atoms with Crippen molar-refractivity contribution in [3.05, 3.63) is 29.3 Å². The van der Waals surface area contributed by atoms with Crippen molar-refractivity contribution in [3.8, 4) is 5.75 Å². The summed E-state index contributed by atoms with van der Waals surface area (Å²) < 4.78 is 10.5. The first-order valence-electron chi connectivity index (χ1n) is 9.42. The lowest BCUT2D eigenvalue weighted by Crippen LogP contribution is -2.55. The molecule has 1 aromatic rings. The lowest BCUT2D eigenvalue weighted by Gasteiger charge is -2.31. The zero-order chi connectivity index (χ0) is 21.9. The van der Waals surface area contributed by atoms with Crippen LogP contribution in [0.1, 0.15) is 66.5 Å². The van der Waals surface area contributed by atoms with E-state index >= 15 is 0 Å². The number of hydrogen-bond donors (Lipinski definition) is 1. The number of para-hydroxylation sites is 1. The fraction of sp³-hybridized carbons (Fsp3) is 0.591. The lowest BCUT2D eigenvalue weighted by atomic mass is 9.79. The first-order chi connectivity index (χ1) is 12.7. The molecule has 0 saturated carbocycles. The van der Waals surface area contributed by atoms with Gasteiger partial charge in [0.15, 0.2) is 0 Å². The minimum absolute atomic E-state index is 0.0498. The van der Waals surface area contributed by atoms with Crippen LogP contribution in [-0.4, -0.2) is 35.5 Å². The molecule has 0 aliphatic rings. The van der Waals surface area contributed by atoms with Gasteiger partial charge in [0, 0.05) is 11.1 Å². The molecule has 0 amide bonds. The number of carbonyl (C=O) groups excluding carboxylic acids is 3. The average molecular weight is 392 g/mol. The van der Waals surface area contributed by atoms with E-state index in [0.717, 1.165) is 11.1 Å². The third-order valence-electron chi connectivity index (χ3n) is 4.59. The Morgan fingerprint density at radius 2 is 1.50 bits per heavy atom. The molecule has 156 valence electrons. The molecule has 0 saturated heterocycles. The van der Waals surface area contributed by atoms with Gasteiger partial charge in [-0.15, -0.1) is 0 Å². The largest absolute Gasteiger partial charge is 0.463 e. The normalized spacial score (nSPS) is 15.3. The standard InChI is InChI=1S/C22H32O6/c1-9-27-18(24)22(26,14(2)13-23)19(25)28-17-15(20(3,4)5)11-10-12-16(17)21(6,7)8/h10-14,26H,9H2,1-8H3/t14-,22+/m1/s1. The Hall–Kier alpha value is -2.21. The van der Waals surface area contributed by atoms with Gasteiger partial charge in [-0.2, -0.15) is 0 Å². The number of carbonyl (C=O) groups is 3. The summed E-state index contributed by atoms with van der Waals surface area (Å²) in [6.07, 6.45) is 0.332. The maximum Gasteiger partial charge on any atom is 0.356 e. The third-order valence-corrected chi connectivity index (χ3v) is 4.59. The molecule has 0 radical (unpaired) electrons. The van der Waals surface area contributed by atoms with Crippen LogP contribution >= 0.6 is 0 Å². The second-order valence-corrected chi connectivity index (χ2v) is 8.98. The van der Waals surface area contributed by atoms with Crippen molar-refractivity contribution < 1.29 is 29.0 Å². The van der Waals surface area contributed by atoms with Crippen LogP contribution in [0.5, 0.6) is 5.75 Å². The van der Waals surface area contributed by atoms with E-state index in [1.165, 1.54) is 6.92 Å². The van der Waals surface area contributed by atoms with Crippen molar-refractivity contribution in [2.45, 2.75) is 71.8 Å². The zero-order valence-electron chi connectivity index (χ0n) is 18.1. The fourth-order valence-corrected chi connectivity index (χ4v) is 2.79. The molecule has 2 atom stereocenters. The quantitative estimate of drug-likeness (QED) is 0.346. The predicted octanol–water partition coefficient (Wildman–Crippen LogP) is 3.32. The second-order valence-electron chi connectivity index (χ2n) is 8.98. The summed E-state index contributed by atoms with van der Waals surface area (Å²) in [6, 6.07) is 5.55. The van der Waals surface area contributed by atoms with Crippen molar-refractivity contribution in [3.63, 3.8) is 0 Å². The molecule has 28 heavy (non-hydrogen) atoms. The molecule has 0 bridgehead atoms. The lowest BCUT2D eigenvalue weighted by molar-refractivity contribution is -0.184. The van der Waals surface area contributed by atoms with Crippen LogP contribution in [0.25, 0.3) is 0 Å². The number of rotatable bonds is 6. The van der Waals surface area contributed by atoms with E-state index in [-0.39, 0.29) is 23.2 Å². The van der Waals surface area contributed by atoms with Crippen molar-refractivity contribution >= 4 is 18.2 Å². The maximum atomic E-state index is 13.0. The minimum Gasteiger partial charge on any atom is -0.463 e. The number of benzene rings is 1. The summed E-state index contributed by atoms with van der Waals surface area (Å²) in [6.45, 7) is 14.6. The molecule has 0 heterocycles. The Morgan fingerprint density at radius 3 is 1.86 bits per heavy atom. The average Bonchev–Trinajstić information content (AvgIpc) is 2.58. The molecule has 6 heteroatoms. The van der Waals surface area contributed by atoms with Crippen LogP contribution in [-0.2, 0) is 30.0 Å². The molecule has 0 aliphatic carbocycles. The summed E-state index contributed by atoms with van der Waals surface area (Å²) in [7, 11) is 0. The van der Waals surface area contributed by atoms with E-state index in [0.29, 0.717) is 6.29 Å². The molecule has 1 rings (SSSR count). The van der Waals surface area contributed by atoms with E-state index in [4.69, 9.17) is 9.47 Å². The van der Waals surface area contributed by atoms with Crippen LogP contribution in [0.2, 0.25) is 0 Å². The SMILES string of the molecule is CCOC(=O)[C@](O)(C(=O)Oc1c(C(C)(C)C)cccc1C(C)(C)C)[C@H](C)C=O. The van der Waals surface area contributed by atoms with Gasteiger partial charge in [0.05, 0.1) is 12.5 Å². The van der Waals surface area contributed by atoms with E-state index in [9.17, 15) is 19.5 Å². The van der Waals surface area contributed by atoms with E-state index in [2.05, 4.69) is 0 Å². The summed E-state index contributed by atoms with van der Waals surface area (Å²) in [4.78, 5) is 36.6. The van der Waals surface area contributed by atoms with Gasteiger partial charge in [0.1, 0.15) is 12.0 Å². The Labute approximate surface area is 167 Å². The van der Waals surface area contributed by atoms with Gasteiger partial charge < -0.3 is 19.4 Å². The highest BCUT2D eigenvalue weighted by Crippen LogP contribution is 2.40. The molecular formula is C22H32O6. The van der Waals surface area contributed by atoms with Crippen molar-refractivity contribution in [1.29, 1.82) is 0 Å². The second kappa shape index (κ2) is 8.43. The zero-order valence-corrected chi connectivity index (χ0v) is 18.1.